The van der Waals surface area contributed by atoms with Gasteiger partial charge in [0.05, 0.1) is 0 Å². The van der Waals surface area contributed by atoms with E-state index in [1.165, 1.54) is 5.56 Å². The van der Waals surface area contributed by atoms with Gasteiger partial charge in [-0.1, -0.05) is 30.3 Å². The van der Waals surface area contributed by atoms with Gasteiger partial charge in [0.2, 0.25) is 0 Å². The highest BCUT2D eigenvalue weighted by molar-refractivity contribution is 7.79. The van der Waals surface area contributed by atoms with Crippen LogP contribution in [0.15, 0.2) is 30.3 Å². The summed E-state index contributed by atoms with van der Waals surface area (Å²) < 4.78 is 31.6. The van der Waals surface area contributed by atoms with E-state index in [1.807, 2.05) is 13.1 Å². The molecule has 6 heteroatoms. The Kier molecular flexibility index (Phi) is 6.91. The Morgan fingerprint density at radius 3 is 2.06 bits per heavy atom. The van der Waals surface area contributed by atoms with Gasteiger partial charge in [0.25, 0.3) is 0 Å². The molecule has 0 fully saturated rings. The van der Waals surface area contributed by atoms with Crippen molar-refractivity contribution in [2.45, 2.75) is 19.4 Å². The van der Waals surface area contributed by atoms with Gasteiger partial charge in [0.15, 0.2) is 0 Å². The summed E-state index contributed by atoms with van der Waals surface area (Å²) in [7, 11) is -2.67. The predicted octanol–water partition coefficient (Wildman–Crippen LogP) is 1.18. The van der Waals surface area contributed by atoms with Crippen molar-refractivity contribution in [3.05, 3.63) is 35.9 Å². The molecule has 0 spiro atoms. The van der Waals surface area contributed by atoms with Crippen LogP contribution in [-0.2, 0) is 16.8 Å². The topological polar surface area (TPSA) is 86.6 Å². The Balaban J connectivity index is 0.000000385. The van der Waals surface area contributed by atoms with Gasteiger partial charge in [-0.2, -0.15) is 8.42 Å². The van der Waals surface area contributed by atoms with Gasteiger partial charge in [-0.05, 0) is 26.0 Å². The zero-order valence-corrected chi connectivity index (χ0v) is 10.1. The molecule has 0 aromatic heterocycles. The minimum Gasteiger partial charge on any atom is -0.317 e. The van der Waals surface area contributed by atoms with Crippen molar-refractivity contribution in [1.82, 2.24) is 5.32 Å². The van der Waals surface area contributed by atoms with Crippen LogP contribution in [-0.4, -0.2) is 30.6 Å². The smallest absolute Gasteiger partial charge is 0.317 e. The Morgan fingerprint density at radius 2 is 1.69 bits per heavy atom. The highest BCUT2D eigenvalue weighted by atomic mass is 32.3. The van der Waals surface area contributed by atoms with Crippen molar-refractivity contribution in [2.75, 3.05) is 7.05 Å². The van der Waals surface area contributed by atoms with Crippen LogP contribution in [0.4, 0.5) is 0 Å². The summed E-state index contributed by atoms with van der Waals surface area (Å²) in [6, 6.07) is 11.1. The third-order valence-corrected chi connectivity index (χ3v) is 1.88. The molecule has 0 aliphatic carbocycles. The van der Waals surface area contributed by atoms with Crippen molar-refractivity contribution < 1.29 is 17.5 Å². The summed E-state index contributed by atoms with van der Waals surface area (Å²) >= 11 is 0. The Morgan fingerprint density at radius 1 is 1.25 bits per heavy atom. The Bertz CT molecular complexity index is 369. The summed E-state index contributed by atoms with van der Waals surface area (Å²) in [5.41, 5.74) is 1.40. The second kappa shape index (κ2) is 7.34. The Hall–Kier alpha value is -0.950. The number of hydrogen-bond donors (Lipinski definition) is 3. The number of benzene rings is 1. The third-order valence-electron chi connectivity index (χ3n) is 1.88. The second-order valence-corrected chi connectivity index (χ2v) is 4.22. The first kappa shape index (κ1) is 15.0. The minimum absolute atomic E-state index is 0.567. The Labute approximate surface area is 96.1 Å². The van der Waals surface area contributed by atoms with Crippen LogP contribution in [0.25, 0.3) is 0 Å². The lowest BCUT2D eigenvalue weighted by atomic mass is 10.1. The number of hydrogen-bond acceptors (Lipinski definition) is 3. The van der Waals surface area contributed by atoms with Crippen molar-refractivity contribution in [1.29, 1.82) is 0 Å². The SMILES string of the molecule is CNC(C)Cc1ccccc1.O=S(=O)(O)O. The zero-order chi connectivity index (χ0) is 12.6. The van der Waals surface area contributed by atoms with Crippen LogP contribution < -0.4 is 5.32 Å². The monoisotopic (exact) mass is 247 g/mol. The molecule has 0 bridgehead atoms. The molecule has 1 atom stereocenters. The molecule has 0 radical (unpaired) electrons. The van der Waals surface area contributed by atoms with E-state index in [0.717, 1.165) is 6.42 Å². The van der Waals surface area contributed by atoms with Gasteiger partial charge in [0.1, 0.15) is 0 Å². The molecule has 5 nitrogen and oxygen atoms in total. The van der Waals surface area contributed by atoms with Crippen LogP contribution in [0.2, 0.25) is 0 Å². The molecule has 1 unspecified atom stereocenters. The molecule has 1 aromatic carbocycles. The van der Waals surface area contributed by atoms with Crippen LogP contribution in [0.1, 0.15) is 12.5 Å². The van der Waals surface area contributed by atoms with Crippen molar-refractivity contribution in [3.8, 4) is 0 Å². The molecular formula is C10H17NO4S. The van der Waals surface area contributed by atoms with E-state index in [0.29, 0.717) is 6.04 Å². The van der Waals surface area contributed by atoms with Crippen LogP contribution >= 0.6 is 0 Å². The second-order valence-electron chi connectivity index (χ2n) is 3.33. The summed E-state index contributed by atoms with van der Waals surface area (Å²) in [6.07, 6.45) is 1.11. The lowest BCUT2D eigenvalue weighted by Gasteiger charge is -2.08. The van der Waals surface area contributed by atoms with Gasteiger partial charge >= 0.3 is 10.4 Å². The van der Waals surface area contributed by atoms with E-state index in [1.54, 1.807) is 0 Å². The third kappa shape index (κ3) is 11.1. The number of rotatable bonds is 3. The fourth-order valence-electron chi connectivity index (χ4n) is 1.07. The molecule has 0 amide bonds. The van der Waals surface area contributed by atoms with Crippen LogP contribution in [0.5, 0.6) is 0 Å². The molecule has 0 heterocycles. The average molecular weight is 247 g/mol. The standard InChI is InChI=1S/C10H15N.H2O4S/c1-9(11-2)8-10-6-4-3-5-7-10;1-5(2,3)4/h3-7,9,11H,8H2,1-2H3;(H2,1,2,3,4). The highest BCUT2D eigenvalue weighted by Crippen LogP contribution is 2.01. The lowest BCUT2D eigenvalue weighted by molar-refractivity contribution is 0.381. The van der Waals surface area contributed by atoms with E-state index in [9.17, 15) is 0 Å². The predicted molar refractivity (Wildman–Crippen MR) is 62.8 cm³/mol. The molecular weight excluding hydrogens is 230 g/mol. The first-order valence-electron chi connectivity index (χ1n) is 4.74. The maximum absolute atomic E-state index is 8.74. The lowest BCUT2D eigenvalue weighted by Crippen LogP contribution is -2.23. The first-order valence-corrected chi connectivity index (χ1v) is 6.13. The van der Waals surface area contributed by atoms with Crippen LogP contribution in [0.3, 0.4) is 0 Å². The van der Waals surface area contributed by atoms with E-state index >= 15 is 0 Å². The molecule has 0 aliphatic heterocycles. The van der Waals surface area contributed by atoms with Crippen molar-refractivity contribution >= 4 is 10.4 Å². The van der Waals surface area contributed by atoms with E-state index in [2.05, 4.69) is 36.5 Å². The summed E-state index contributed by atoms with van der Waals surface area (Å²) in [4.78, 5) is 0. The van der Waals surface area contributed by atoms with Gasteiger partial charge in [-0.3, -0.25) is 9.11 Å². The largest absolute Gasteiger partial charge is 0.394 e. The molecule has 0 saturated heterocycles. The normalized spacial score (nSPS) is 12.5. The van der Waals surface area contributed by atoms with E-state index in [-0.39, 0.29) is 0 Å². The maximum atomic E-state index is 8.74. The summed E-state index contributed by atoms with van der Waals surface area (Å²) in [5, 5.41) is 3.21. The highest BCUT2D eigenvalue weighted by Gasteiger charge is 1.97. The molecule has 92 valence electrons. The molecule has 1 rings (SSSR count). The minimum atomic E-state index is -4.67. The summed E-state index contributed by atoms with van der Waals surface area (Å²) in [6.45, 7) is 2.19. The zero-order valence-electron chi connectivity index (χ0n) is 9.29. The fraction of sp³-hybridized carbons (Fsp3) is 0.400. The van der Waals surface area contributed by atoms with Crippen LogP contribution in [0, 0.1) is 0 Å². The van der Waals surface area contributed by atoms with Gasteiger partial charge in [-0.15, -0.1) is 0 Å². The van der Waals surface area contributed by atoms with E-state index < -0.39 is 10.4 Å². The molecule has 0 aliphatic rings. The van der Waals surface area contributed by atoms with Gasteiger partial charge in [-0.25, -0.2) is 0 Å². The maximum Gasteiger partial charge on any atom is 0.394 e. The quantitative estimate of drug-likeness (QED) is 0.698. The fourth-order valence-corrected chi connectivity index (χ4v) is 1.07. The van der Waals surface area contributed by atoms with Crippen molar-refractivity contribution in [2.24, 2.45) is 0 Å². The number of nitrogens with one attached hydrogen (secondary N) is 1. The van der Waals surface area contributed by atoms with Gasteiger partial charge < -0.3 is 5.32 Å². The number of likely N-dealkylation sites (N-methyl/N-ethyl adjacent to an activating group) is 1. The van der Waals surface area contributed by atoms with E-state index in [4.69, 9.17) is 17.5 Å². The molecule has 3 N–H and O–H groups in total. The molecule has 16 heavy (non-hydrogen) atoms. The molecule has 1 aromatic rings. The summed E-state index contributed by atoms with van der Waals surface area (Å²) in [5.74, 6) is 0. The van der Waals surface area contributed by atoms with Gasteiger partial charge in [0, 0.05) is 6.04 Å². The molecule has 0 saturated carbocycles. The first-order chi connectivity index (χ1) is 7.33. The average Bonchev–Trinajstić information content (AvgIpc) is 2.16. The van der Waals surface area contributed by atoms with Crippen molar-refractivity contribution in [3.63, 3.8) is 0 Å².